The second kappa shape index (κ2) is 6.59. The predicted octanol–water partition coefficient (Wildman–Crippen LogP) is 1.73. The molecule has 0 aliphatic rings. The number of carbonyl (C=O) groups is 1. The number of anilines is 1. The fraction of sp³-hybridized carbons (Fsp3) is 0.357. The van der Waals surface area contributed by atoms with Gasteiger partial charge in [0.25, 0.3) is 0 Å². The minimum absolute atomic E-state index is 0.00775. The summed E-state index contributed by atoms with van der Waals surface area (Å²) in [6.45, 7) is 1.95. The van der Waals surface area contributed by atoms with E-state index in [0.717, 1.165) is 17.7 Å². The Morgan fingerprint density at radius 1 is 1.47 bits per heavy atom. The first-order valence-electron chi connectivity index (χ1n) is 5.75. The van der Waals surface area contributed by atoms with E-state index in [2.05, 4.69) is 11.2 Å². The molecule has 1 atom stereocenters. The Labute approximate surface area is 102 Å². The monoisotopic (exact) mass is 230 g/mol. The molecule has 1 amide bonds. The van der Waals surface area contributed by atoms with Crippen molar-refractivity contribution in [2.45, 2.75) is 32.2 Å². The van der Waals surface area contributed by atoms with Crippen molar-refractivity contribution in [1.29, 1.82) is 0 Å². The highest BCUT2D eigenvalue weighted by molar-refractivity contribution is 5.76. The van der Waals surface area contributed by atoms with Crippen LogP contribution in [0.2, 0.25) is 0 Å². The van der Waals surface area contributed by atoms with Crippen molar-refractivity contribution < 1.29 is 4.79 Å². The molecule has 1 aromatic carbocycles. The molecule has 1 aromatic rings. The van der Waals surface area contributed by atoms with Gasteiger partial charge < -0.3 is 11.1 Å². The SMILES string of the molecule is C#CC(CC)NC(=O)CCc1ccc(N)cc1. The maximum atomic E-state index is 11.6. The van der Waals surface area contributed by atoms with Crippen molar-refractivity contribution in [2.24, 2.45) is 0 Å². The van der Waals surface area contributed by atoms with Crippen molar-refractivity contribution in [3.8, 4) is 12.3 Å². The summed E-state index contributed by atoms with van der Waals surface area (Å²) in [5.74, 6) is 2.53. The van der Waals surface area contributed by atoms with E-state index < -0.39 is 0 Å². The summed E-state index contributed by atoms with van der Waals surface area (Å²) in [6, 6.07) is 7.38. The number of benzene rings is 1. The Kier molecular flexibility index (Phi) is 5.09. The van der Waals surface area contributed by atoms with Crippen LogP contribution in [0, 0.1) is 12.3 Å². The van der Waals surface area contributed by atoms with E-state index in [1.54, 1.807) is 0 Å². The highest BCUT2D eigenvalue weighted by Gasteiger charge is 2.07. The lowest BCUT2D eigenvalue weighted by Gasteiger charge is -2.10. The molecule has 0 radical (unpaired) electrons. The van der Waals surface area contributed by atoms with Gasteiger partial charge in [-0.2, -0.15) is 0 Å². The molecule has 0 heterocycles. The van der Waals surface area contributed by atoms with E-state index in [4.69, 9.17) is 12.2 Å². The second-order valence-corrected chi connectivity index (χ2v) is 3.94. The number of carbonyl (C=O) groups excluding carboxylic acids is 1. The summed E-state index contributed by atoms with van der Waals surface area (Å²) in [5, 5.41) is 2.80. The number of terminal acetylenes is 1. The van der Waals surface area contributed by atoms with Crippen molar-refractivity contribution in [3.63, 3.8) is 0 Å². The number of amides is 1. The van der Waals surface area contributed by atoms with Crippen LogP contribution in [-0.4, -0.2) is 11.9 Å². The molecular weight excluding hydrogens is 212 g/mol. The first kappa shape index (κ1) is 13.1. The maximum absolute atomic E-state index is 11.6. The van der Waals surface area contributed by atoms with E-state index in [0.29, 0.717) is 12.8 Å². The Balaban J connectivity index is 2.38. The molecule has 1 rings (SSSR count). The lowest BCUT2D eigenvalue weighted by atomic mass is 10.1. The highest BCUT2D eigenvalue weighted by atomic mass is 16.1. The average molecular weight is 230 g/mol. The van der Waals surface area contributed by atoms with Crippen molar-refractivity contribution in [2.75, 3.05) is 5.73 Å². The lowest BCUT2D eigenvalue weighted by Crippen LogP contribution is -2.33. The van der Waals surface area contributed by atoms with Gasteiger partial charge in [0.15, 0.2) is 0 Å². The first-order chi connectivity index (χ1) is 8.15. The summed E-state index contributed by atoms with van der Waals surface area (Å²) in [5.41, 5.74) is 7.42. The van der Waals surface area contributed by atoms with Crippen molar-refractivity contribution in [1.82, 2.24) is 5.32 Å². The lowest BCUT2D eigenvalue weighted by molar-refractivity contribution is -0.121. The van der Waals surface area contributed by atoms with E-state index >= 15 is 0 Å². The van der Waals surface area contributed by atoms with Gasteiger partial charge in [-0.3, -0.25) is 4.79 Å². The number of hydrogen-bond donors (Lipinski definition) is 2. The number of nitrogen functional groups attached to an aromatic ring is 1. The molecule has 0 fully saturated rings. The molecule has 0 aliphatic carbocycles. The first-order valence-corrected chi connectivity index (χ1v) is 5.75. The number of nitrogens with one attached hydrogen (secondary N) is 1. The van der Waals surface area contributed by atoms with Crippen LogP contribution < -0.4 is 11.1 Å². The zero-order valence-electron chi connectivity index (χ0n) is 10.1. The van der Waals surface area contributed by atoms with Gasteiger partial charge in [-0.05, 0) is 30.5 Å². The molecule has 0 aromatic heterocycles. The molecule has 3 N–H and O–H groups in total. The Morgan fingerprint density at radius 2 is 2.12 bits per heavy atom. The number of hydrogen-bond acceptors (Lipinski definition) is 2. The smallest absolute Gasteiger partial charge is 0.221 e. The van der Waals surface area contributed by atoms with E-state index in [-0.39, 0.29) is 11.9 Å². The average Bonchev–Trinajstić information content (AvgIpc) is 2.35. The van der Waals surface area contributed by atoms with Crippen molar-refractivity contribution in [3.05, 3.63) is 29.8 Å². The summed E-state index contributed by atoms with van der Waals surface area (Å²) >= 11 is 0. The van der Waals surface area contributed by atoms with Gasteiger partial charge in [0.1, 0.15) is 0 Å². The van der Waals surface area contributed by atoms with Gasteiger partial charge in [-0.25, -0.2) is 0 Å². The van der Waals surface area contributed by atoms with Crippen LogP contribution in [0.25, 0.3) is 0 Å². The fourth-order valence-electron chi connectivity index (χ4n) is 1.47. The summed E-state index contributed by atoms with van der Waals surface area (Å²) < 4.78 is 0. The molecule has 0 bridgehead atoms. The van der Waals surface area contributed by atoms with Gasteiger partial charge in [0, 0.05) is 12.1 Å². The quantitative estimate of drug-likeness (QED) is 0.598. The molecule has 90 valence electrons. The van der Waals surface area contributed by atoms with Crippen LogP contribution in [0.1, 0.15) is 25.3 Å². The second-order valence-electron chi connectivity index (χ2n) is 3.94. The number of nitrogens with two attached hydrogens (primary N) is 1. The van der Waals surface area contributed by atoms with Crippen LogP contribution in [0.3, 0.4) is 0 Å². The Morgan fingerprint density at radius 3 is 2.65 bits per heavy atom. The molecular formula is C14H18N2O. The molecule has 0 aliphatic heterocycles. The molecule has 0 spiro atoms. The van der Waals surface area contributed by atoms with Crippen LogP contribution >= 0.6 is 0 Å². The fourth-order valence-corrected chi connectivity index (χ4v) is 1.47. The topological polar surface area (TPSA) is 55.1 Å². The third kappa shape index (κ3) is 4.60. The summed E-state index contributed by atoms with van der Waals surface area (Å²) in [7, 11) is 0. The van der Waals surface area contributed by atoms with Gasteiger partial charge in [0.05, 0.1) is 6.04 Å². The zero-order valence-corrected chi connectivity index (χ0v) is 10.1. The van der Waals surface area contributed by atoms with Gasteiger partial charge in [-0.15, -0.1) is 6.42 Å². The molecule has 17 heavy (non-hydrogen) atoms. The van der Waals surface area contributed by atoms with E-state index in [9.17, 15) is 4.79 Å². The highest BCUT2D eigenvalue weighted by Crippen LogP contribution is 2.07. The van der Waals surface area contributed by atoms with E-state index in [1.165, 1.54) is 0 Å². The molecule has 1 unspecified atom stereocenters. The van der Waals surface area contributed by atoms with Crippen LogP contribution in [0.5, 0.6) is 0 Å². The van der Waals surface area contributed by atoms with E-state index in [1.807, 2.05) is 31.2 Å². The zero-order chi connectivity index (χ0) is 12.7. The molecule has 0 saturated carbocycles. The van der Waals surface area contributed by atoms with Gasteiger partial charge in [-0.1, -0.05) is 25.0 Å². The Hall–Kier alpha value is -1.95. The molecule has 3 nitrogen and oxygen atoms in total. The molecule has 3 heteroatoms. The maximum Gasteiger partial charge on any atom is 0.221 e. The summed E-state index contributed by atoms with van der Waals surface area (Å²) in [4.78, 5) is 11.6. The van der Waals surface area contributed by atoms with Gasteiger partial charge in [0.2, 0.25) is 5.91 Å². The standard InChI is InChI=1S/C14H18N2O/c1-3-13(4-2)16-14(17)10-7-11-5-8-12(15)9-6-11/h1,5-6,8-9,13H,4,7,10,15H2,2H3,(H,16,17). The molecule has 0 saturated heterocycles. The predicted molar refractivity (Wildman–Crippen MR) is 70.2 cm³/mol. The van der Waals surface area contributed by atoms with Gasteiger partial charge >= 0.3 is 0 Å². The largest absolute Gasteiger partial charge is 0.399 e. The minimum atomic E-state index is -0.158. The minimum Gasteiger partial charge on any atom is -0.399 e. The third-order valence-electron chi connectivity index (χ3n) is 2.57. The summed E-state index contributed by atoms with van der Waals surface area (Å²) in [6.07, 6.45) is 7.18. The number of aryl methyl sites for hydroxylation is 1. The van der Waals surface area contributed by atoms with Crippen LogP contribution in [0.4, 0.5) is 5.69 Å². The van der Waals surface area contributed by atoms with Crippen LogP contribution in [0.15, 0.2) is 24.3 Å². The normalized spacial score (nSPS) is 11.5. The third-order valence-corrected chi connectivity index (χ3v) is 2.57. The van der Waals surface area contributed by atoms with Crippen LogP contribution in [-0.2, 0) is 11.2 Å². The Bertz CT molecular complexity index is 403. The number of rotatable bonds is 5. The van der Waals surface area contributed by atoms with Crippen molar-refractivity contribution >= 4 is 11.6 Å².